The minimum atomic E-state index is 0.944. The second-order valence-corrected chi connectivity index (χ2v) is 4.02. The molecule has 0 fully saturated rings. The minimum absolute atomic E-state index is 0.944. The van der Waals surface area contributed by atoms with E-state index in [2.05, 4.69) is 44.3 Å². The predicted molar refractivity (Wildman–Crippen MR) is 64.4 cm³/mol. The van der Waals surface area contributed by atoms with Gasteiger partial charge in [-0.05, 0) is 32.6 Å². The van der Waals surface area contributed by atoms with Gasteiger partial charge in [0.2, 0.25) is 0 Å². The van der Waals surface area contributed by atoms with Gasteiger partial charge in [0.1, 0.15) is 0 Å². The fourth-order valence-electron chi connectivity index (χ4n) is 1.43. The summed E-state index contributed by atoms with van der Waals surface area (Å²) in [6.07, 6.45) is 5.39. The zero-order chi connectivity index (χ0) is 10.6. The highest BCUT2D eigenvalue weighted by atomic mass is 32.2. The molecule has 0 saturated heterocycles. The lowest BCUT2D eigenvalue weighted by Crippen LogP contribution is -1.98. The van der Waals surface area contributed by atoms with E-state index < -0.39 is 0 Å². The Balaban J connectivity index is 3.00. The number of allylic oxidation sites excluding steroid dienone is 1. The van der Waals surface area contributed by atoms with Gasteiger partial charge in [-0.15, -0.1) is 11.8 Å². The molecule has 0 spiro atoms. The molecule has 1 aromatic heterocycles. The monoisotopic (exact) mass is 210 g/mol. The van der Waals surface area contributed by atoms with Crippen LogP contribution in [0.5, 0.6) is 0 Å². The lowest BCUT2D eigenvalue weighted by Gasteiger charge is -1.99. The van der Waals surface area contributed by atoms with E-state index in [9.17, 15) is 0 Å². The van der Waals surface area contributed by atoms with Crippen LogP contribution in [-0.4, -0.2) is 16.0 Å². The summed E-state index contributed by atoms with van der Waals surface area (Å²) in [4.78, 5) is 1.28. The topological polar surface area (TPSA) is 17.8 Å². The van der Waals surface area contributed by atoms with Gasteiger partial charge in [0, 0.05) is 17.1 Å². The van der Waals surface area contributed by atoms with E-state index in [4.69, 9.17) is 0 Å². The molecule has 1 aromatic rings. The van der Waals surface area contributed by atoms with Crippen LogP contribution >= 0.6 is 11.8 Å². The molecule has 3 heteroatoms. The molecule has 14 heavy (non-hydrogen) atoms. The highest BCUT2D eigenvalue weighted by Crippen LogP contribution is 2.24. The van der Waals surface area contributed by atoms with E-state index >= 15 is 0 Å². The van der Waals surface area contributed by atoms with Crippen molar-refractivity contribution in [3.8, 4) is 0 Å². The maximum Gasteiger partial charge on any atom is 0.0985 e. The molecule has 0 aliphatic carbocycles. The van der Waals surface area contributed by atoms with Crippen LogP contribution in [0.15, 0.2) is 12.1 Å². The Kier molecular flexibility index (Phi) is 4.26. The molecule has 0 aromatic carbocycles. The van der Waals surface area contributed by atoms with Crippen LogP contribution in [0, 0.1) is 6.92 Å². The second-order valence-electron chi connectivity index (χ2n) is 3.17. The highest BCUT2D eigenvalue weighted by Gasteiger charge is 2.06. The van der Waals surface area contributed by atoms with Crippen LogP contribution in [0.25, 0.3) is 4.91 Å². The van der Waals surface area contributed by atoms with E-state index in [1.807, 2.05) is 4.68 Å². The van der Waals surface area contributed by atoms with Gasteiger partial charge in [0.05, 0.1) is 5.69 Å². The van der Waals surface area contributed by atoms with Crippen molar-refractivity contribution >= 4 is 16.7 Å². The van der Waals surface area contributed by atoms with Crippen LogP contribution < -0.4 is 0 Å². The standard InChI is InChI=1S/C11H18N2S/c1-5-7-11(14-4)10-8-9(3)13(6-2)12-10/h7-8H,5-6H2,1-4H3. The number of rotatable bonds is 4. The van der Waals surface area contributed by atoms with Crippen molar-refractivity contribution in [2.75, 3.05) is 6.26 Å². The molecule has 0 amide bonds. The summed E-state index contributed by atoms with van der Waals surface area (Å²) in [7, 11) is 0. The van der Waals surface area contributed by atoms with Gasteiger partial charge in [-0.1, -0.05) is 13.0 Å². The molecular formula is C11H18N2S. The lowest BCUT2D eigenvalue weighted by atomic mass is 10.3. The SMILES string of the molecule is CCC=C(SC)c1cc(C)n(CC)n1. The van der Waals surface area contributed by atoms with Crippen molar-refractivity contribution in [3.05, 3.63) is 23.5 Å². The van der Waals surface area contributed by atoms with Crippen LogP contribution in [0.2, 0.25) is 0 Å². The zero-order valence-electron chi connectivity index (χ0n) is 9.37. The molecule has 1 rings (SSSR count). The normalized spacial score (nSPS) is 12.1. The highest BCUT2D eigenvalue weighted by molar-refractivity contribution is 8.07. The number of aryl methyl sites for hydroxylation is 2. The third kappa shape index (κ3) is 2.41. The first kappa shape index (κ1) is 11.4. The van der Waals surface area contributed by atoms with Crippen LogP contribution in [0.3, 0.4) is 0 Å². The van der Waals surface area contributed by atoms with Crippen molar-refractivity contribution in [1.82, 2.24) is 9.78 Å². The number of nitrogens with zero attached hydrogens (tertiary/aromatic N) is 2. The molecule has 0 radical (unpaired) electrons. The largest absolute Gasteiger partial charge is 0.270 e. The molecule has 0 unspecified atom stereocenters. The molecule has 1 heterocycles. The average Bonchev–Trinajstić information content (AvgIpc) is 2.56. The maximum atomic E-state index is 4.55. The molecule has 0 N–H and O–H groups in total. The fourth-order valence-corrected chi connectivity index (χ4v) is 2.07. The predicted octanol–water partition coefficient (Wildman–Crippen LogP) is 3.33. The van der Waals surface area contributed by atoms with Gasteiger partial charge >= 0.3 is 0 Å². The van der Waals surface area contributed by atoms with E-state index in [0.29, 0.717) is 0 Å². The summed E-state index contributed by atoms with van der Waals surface area (Å²) in [6.45, 7) is 7.31. The Morgan fingerprint density at radius 2 is 2.29 bits per heavy atom. The second kappa shape index (κ2) is 5.25. The van der Waals surface area contributed by atoms with Gasteiger partial charge in [-0.25, -0.2) is 0 Å². The van der Waals surface area contributed by atoms with Gasteiger partial charge < -0.3 is 0 Å². The van der Waals surface area contributed by atoms with Crippen molar-refractivity contribution in [1.29, 1.82) is 0 Å². The van der Waals surface area contributed by atoms with Crippen molar-refractivity contribution in [2.24, 2.45) is 0 Å². The lowest BCUT2D eigenvalue weighted by molar-refractivity contribution is 0.638. The Hall–Kier alpha value is -0.700. The van der Waals surface area contributed by atoms with Crippen molar-refractivity contribution in [2.45, 2.75) is 33.7 Å². The number of hydrogen-bond donors (Lipinski definition) is 0. The van der Waals surface area contributed by atoms with Crippen molar-refractivity contribution < 1.29 is 0 Å². The third-order valence-electron chi connectivity index (χ3n) is 2.14. The van der Waals surface area contributed by atoms with Gasteiger partial charge in [0.25, 0.3) is 0 Å². The Labute approximate surface area is 90.4 Å². The van der Waals surface area contributed by atoms with Gasteiger partial charge in [0.15, 0.2) is 0 Å². The molecule has 78 valence electrons. The smallest absolute Gasteiger partial charge is 0.0985 e. The van der Waals surface area contributed by atoms with Crippen LogP contribution in [0.4, 0.5) is 0 Å². The third-order valence-corrected chi connectivity index (χ3v) is 2.96. The summed E-state index contributed by atoms with van der Waals surface area (Å²) < 4.78 is 2.04. The van der Waals surface area contributed by atoms with E-state index in [0.717, 1.165) is 18.7 Å². The molecule has 2 nitrogen and oxygen atoms in total. The summed E-state index contributed by atoms with van der Waals surface area (Å²) in [5.41, 5.74) is 2.34. The summed E-state index contributed by atoms with van der Waals surface area (Å²) in [5.74, 6) is 0. The van der Waals surface area contributed by atoms with Gasteiger partial charge in [-0.3, -0.25) is 4.68 Å². The molecular weight excluding hydrogens is 192 g/mol. The fraction of sp³-hybridized carbons (Fsp3) is 0.545. The average molecular weight is 210 g/mol. The molecule has 0 aliphatic heterocycles. The van der Waals surface area contributed by atoms with E-state index in [1.165, 1.54) is 10.6 Å². The van der Waals surface area contributed by atoms with E-state index in [1.54, 1.807) is 11.8 Å². The molecule has 0 atom stereocenters. The molecule has 0 saturated carbocycles. The quantitative estimate of drug-likeness (QED) is 0.758. The number of aromatic nitrogens is 2. The first-order valence-electron chi connectivity index (χ1n) is 5.01. The first-order valence-corrected chi connectivity index (χ1v) is 6.24. The Morgan fingerprint density at radius 1 is 1.57 bits per heavy atom. The number of thioether (sulfide) groups is 1. The minimum Gasteiger partial charge on any atom is -0.270 e. The zero-order valence-corrected chi connectivity index (χ0v) is 10.2. The van der Waals surface area contributed by atoms with E-state index in [-0.39, 0.29) is 0 Å². The van der Waals surface area contributed by atoms with Crippen LogP contribution in [-0.2, 0) is 6.54 Å². The first-order chi connectivity index (χ1) is 6.72. The summed E-state index contributed by atoms with van der Waals surface area (Å²) in [6, 6.07) is 2.15. The molecule has 0 aliphatic rings. The summed E-state index contributed by atoms with van der Waals surface area (Å²) in [5, 5.41) is 4.55. The van der Waals surface area contributed by atoms with Gasteiger partial charge in [-0.2, -0.15) is 5.10 Å². The van der Waals surface area contributed by atoms with Crippen molar-refractivity contribution in [3.63, 3.8) is 0 Å². The van der Waals surface area contributed by atoms with Crippen LogP contribution in [0.1, 0.15) is 31.7 Å². The Bertz CT molecular complexity index is 326. The Morgan fingerprint density at radius 3 is 2.71 bits per heavy atom. The maximum absolute atomic E-state index is 4.55. The molecule has 0 bridgehead atoms. The number of hydrogen-bond acceptors (Lipinski definition) is 2. The summed E-state index contributed by atoms with van der Waals surface area (Å²) >= 11 is 1.77.